The molecule has 1 aromatic carbocycles. The maximum Gasteiger partial charge on any atom is 0.256 e. The van der Waals surface area contributed by atoms with Gasteiger partial charge < -0.3 is 5.32 Å². The molecule has 0 bridgehead atoms. The van der Waals surface area contributed by atoms with Crippen LogP contribution in [0.1, 0.15) is 43.0 Å². The number of hydroxylamine groups is 1. The Morgan fingerprint density at radius 1 is 1.20 bits per heavy atom. The largest absolute Gasteiger partial charge is 0.349 e. The number of hydrogen-bond acceptors (Lipinski definition) is 5. The van der Waals surface area contributed by atoms with E-state index in [4.69, 9.17) is 0 Å². The number of benzene rings is 1. The molecule has 2 N–H and O–H groups in total. The van der Waals surface area contributed by atoms with Crippen LogP contribution in [0.15, 0.2) is 36.5 Å². The highest BCUT2D eigenvalue weighted by atomic mass is 16.5. The summed E-state index contributed by atoms with van der Waals surface area (Å²) in [6.45, 7) is 2.24. The van der Waals surface area contributed by atoms with Gasteiger partial charge in [0, 0.05) is 24.8 Å². The zero-order chi connectivity index (χ0) is 17.8. The third kappa shape index (κ3) is 4.14. The van der Waals surface area contributed by atoms with Crippen LogP contribution in [0.4, 0.5) is 5.82 Å². The third-order valence-electron chi connectivity index (χ3n) is 4.70. The molecule has 0 aliphatic heterocycles. The Bertz CT molecular complexity index is 725. The van der Waals surface area contributed by atoms with Crippen molar-refractivity contribution >= 4 is 11.7 Å². The summed E-state index contributed by atoms with van der Waals surface area (Å²) in [5.74, 6) is 1.16. The zero-order valence-corrected chi connectivity index (χ0v) is 14.6. The van der Waals surface area contributed by atoms with Gasteiger partial charge in [0.05, 0.1) is 0 Å². The van der Waals surface area contributed by atoms with E-state index in [0.717, 1.165) is 42.2 Å². The molecule has 0 spiro atoms. The second-order valence-corrected chi connectivity index (χ2v) is 6.75. The summed E-state index contributed by atoms with van der Waals surface area (Å²) in [6.07, 6.45) is 5.71. The lowest BCUT2D eigenvalue weighted by Crippen LogP contribution is -2.38. The van der Waals surface area contributed by atoms with E-state index >= 15 is 0 Å². The smallest absolute Gasteiger partial charge is 0.256 e. The molecule has 1 saturated carbocycles. The fourth-order valence-electron chi connectivity index (χ4n) is 3.17. The minimum absolute atomic E-state index is 0.175. The predicted molar refractivity (Wildman–Crippen MR) is 96.5 cm³/mol. The number of aromatic nitrogens is 2. The van der Waals surface area contributed by atoms with Crippen LogP contribution in [0.2, 0.25) is 0 Å². The fourth-order valence-corrected chi connectivity index (χ4v) is 3.17. The molecule has 1 aliphatic rings. The number of carbonyl (C=O) groups excluding carboxylic acids is 1. The minimum atomic E-state index is -0.241. The van der Waals surface area contributed by atoms with Crippen LogP contribution in [-0.4, -0.2) is 34.2 Å². The highest BCUT2D eigenvalue weighted by Crippen LogP contribution is 2.25. The van der Waals surface area contributed by atoms with Gasteiger partial charge in [-0.3, -0.25) is 10.0 Å². The van der Waals surface area contributed by atoms with E-state index in [2.05, 4.69) is 22.2 Å². The second-order valence-electron chi connectivity index (χ2n) is 6.75. The Labute approximate surface area is 147 Å². The maximum atomic E-state index is 12.6. The van der Waals surface area contributed by atoms with Crippen LogP contribution in [-0.2, 0) is 0 Å². The lowest BCUT2D eigenvalue weighted by molar-refractivity contribution is 0.0921. The van der Waals surface area contributed by atoms with Crippen LogP contribution in [0.5, 0.6) is 0 Å². The molecule has 25 heavy (non-hydrogen) atoms. The van der Waals surface area contributed by atoms with Gasteiger partial charge in [0.15, 0.2) is 11.6 Å². The molecule has 1 aromatic heterocycles. The van der Waals surface area contributed by atoms with E-state index in [1.54, 1.807) is 0 Å². The van der Waals surface area contributed by atoms with Gasteiger partial charge in [0.2, 0.25) is 0 Å². The monoisotopic (exact) mass is 340 g/mol. The first-order valence-corrected chi connectivity index (χ1v) is 8.70. The van der Waals surface area contributed by atoms with Gasteiger partial charge in [-0.1, -0.05) is 37.3 Å². The van der Waals surface area contributed by atoms with Crippen molar-refractivity contribution in [2.24, 2.45) is 5.92 Å². The molecule has 1 heterocycles. The molecule has 0 saturated heterocycles. The topological polar surface area (TPSA) is 78.4 Å². The molecule has 1 amide bonds. The molecular formula is C19H24N4O2. The SMILES string of the molecule is CC1CCC(NC(=O)c2cnc(-c3ccccc3)nc2N(C)O)CC1. The van der Waals surface area contributed by atoms with E-state index in [1.165, 1.54) is 13.2 Å². The highest BCUT2D eigenvalue weighted by Gasteiger charge is 2.23. The van der Waals surface area contributed by atoms with Gasteiger partial charge >= 0.3 is 0 Å². The van der Waals surface area contributed by atoms with Gasteiger partial charge in [0.1, 0.15) is 5.56 Å². The molecule has 1 aliphatic carbocycles. The molecule has 6 nitrogen and oxygen atoms in total. The van der Waals surface area contributed by atoms with Crippen molar-refractivity contribution in [3.8, 4) is 11.4 Å². The first-order valence-electron chi connectivity index (χ1n) is 8.70. The van der Waals surface area contributed by atoms with Crippen molar-refractivity contribution in [1.29, 1.82) is 0 Å². The lowest BCUT2D eigenvalue weighted by atomic mass is 9.87. The summed E-state index contributed by atoms with van der Waals surface area (Å²) in [5, 5.41) is 13.8. The van der Waals surface area contributed by atoms with Crippen molar-refractivity contribution in [2.75, 3.05) is 12.1 Å². The summed E-state index contributed by atoms with van der Waals surface area (Å²) in [7, 11) is 1.45. The zero-order valence-electron chi connectivity index (χ0n) is 14.6. The lowest BCUT2D eigenvalue weighted by Gasteiger charge is -2.27. The van der Waals surface area contributed by atoms with Crippen LogP contribution >= 0.6 is 0 Å². The molecule has 1 fully saturated rings. The molecule has 132 valence electrons. The van der Waals surface area contributed by atoms with Gasteiger partial charge in [-0.05, 0) is 31.6 Å². The first-order chi connectivity index (χ1) is 12.0. The summed E-state index contributed by atoms with van der Waals surface area (Å²) in [6, 6.07) is 9.65. The Morgan fingerprint density at radius 2 is 1.88 bits per heavy atom. The Kier molecular flexibility index (Phi) is 5.28. The van der Waals surface area contributed by atoms with Gasteiger partial charge in [0.25, 0.3) is 5.91 Å². The average molecular weight is 340 g/mol. The summed E-state index contributed by atoms with van der Waals surface area (Å²) in [5.41, 5.74) is 1.11. The summed E-state index contributed by atoms with van der Waals surface area (Å²) < 4.78 is 0. The number of hydrogen-bond donors (Lipinski definition) is 2. The predicted octanol–water partition coefficient (Wildman–Crippen LogP) is 3.28. The van der Waals surface area contributed by atoms with E-state index in [9.17, 15) is 10.0 Å². The number of amides is 1. The molecular weight excluding hydrogens is 316 g/mol. The van der Waals surface area contributed by atoms with Crippen molar-refractivity contribution < 1.29 is 10.0 Å². The van der Waals surface area contributed by atoms with Gasteiger partial charge in [-0.25, -0.2) is 15.0 Å². The van der Waals surface area contributed by atoms with Crippen LogP contribution < -0.4 is 10.4 Å². The standard InChI is InChI=1S/C19H24N4O2/c1-13-8-10-15(11-9-13)21-19(24)16-12-20-17(22-18(16)23(2)25)14-6-4-3-5-7-14/h3-7,12-13,15,25H,8-11H2,1-2H3,(H,21,24). The van der Waals surface area contributed by atoms with Gasteiger partial charge in [-0.15, -0.1) is 0 Å². The van der Waals surface area contributed by atoms with E-state index in [0.29, 0.717) is 5.82 Å². The second kappa shape index (κ2) is 7.61. The number of rotatable bonds is 4. The molecule has 2 aromatic rings. The average Bonchev–Trinajstić information content (AvgIpc) is 2.63. The van der Waals surface area contributed by atoms with Crippen molar-refractivity contribution in [3.05, 3.63) is 42.1 Å². The first kappa shape index (κ1) is 17.4. The summed E-state index contributed by atoms with van der Waals surface area (Å²) in [4.78, 5) is 21.3. The Hall–Kier alpha value is -2.47. The number of carbonyl (C=O) groups is 1. The van der Waals surface area contributed by atoms with Crippen LogP contribution in [0.3, 0.4) is 0 Å². The van der Waals surface area contributed by atoms with Gasteiger partial charge in [-0.2, -0.15) is 0 Å². The van der Waals surface area contributed by atoms with Crippen molar-refractivity contribution in [2.45, 2.75) is 38.6 Å². The molecule has 0 radical (unpaired) electrons. The van der Waals surface area contributed by atoms with Crippen LogP contribution in [0.25, 0.3) is 11.4 Å². The normalized spacial score (nSPS) is 20.1. The highest BCUT2D eigenvalue weighted by molar-refractivity contribution is 5.98. The number of nitrogens with zero attached hydrogens (tertiary/aromatic N) is 3. The van der Waals surface area contributed by atoms with E-state index < -0.39 is 0 Å². The summed E-state index contributed by atoms with van der Waals surface area (Å²) >= 11 is 0. The minimum Gasteiger partial charge on any atom is -0.349 e. The van der Waals surface area contributed by atoms with Crippen molar-refractivity contribution in [3.63, 3.8) is 0 Å². The number of anilines is 1. The van der Waals surface area contributed by atoms with E-state index in [-0.39, 0.29) is 23.3 Å². The molecule has 0 unspecified atom stereocenters. The van der Waals surface area contributed by atoms with E-state index in [1.807, 2.05) is 30.3 Å². The van der Waals surface area contributed by atoms with Crippen LogP contribution in [0, 0.1) is 5.92 Å². The Balaban J connectivity index is 1.82. The maximum absolute atomic E-state index is 12.6. The molecule has 6 heteroatoms. The fraction of sp³-hybridized carbons (Fsp3) is 0.421. The Morgan fingerprint density at radius 3 is 2.52 bits per heavy atom. The number of nitrogens with one attached hydrogen (secondary N) is 1. The quantitative estimate of drug-likeness (QED) is 0.835. The van der Waals surface area contributed by atoms with Crippen molar-refractivity contribution in [1.82, 2.24) is 15.3 Å². The molecule has 3 rings (SSSR count). The third-order valence-corrected chi connectivity index (χ3v) is 4.70. The molecule has 0 atom stereocenters.